The van der Waals surface area contributed by atoms with Gasteiger partial charge in [0.1, 0.15) is 6.04 Å². The molecular formula is C20H19F3N6OS. The van der Waals surface area contributed by atoms with Crippen LogP contribution in [0.2, 0.25) is 0 Å². The van der Waals surface area contributed by atoms with Crippen molar-refractivity contribution in [3.8, 4) is 22.3 Å². The van der Waals surface area contributed by atoms with Crippen LogP contribution in [0.1, 0.15) is 29.9 Å². The Morgan fingerprint density at radius 3 is 2.77 bits per heavy atom. The topological polar surface area (TPSA) is 79.2 Å². The molecule has 0 saturated carbocycles. The Labute approximate surface area is 179 Å². The molecule has 1 aliphatic heterocycles. The average molecular weight is 448 g/mol. The fourth-order valence-corrected chi connectivity index (χ4v) is 4.58. The Kier molecular flexibility index (Phi) is 5.29. The summed E-state index contributed by atoms with van der Waals surface area (Å²) in [6, 6.07) is -0.0999. The van der Waals surface area contributed by atoms with E-state index in [9.17, 15) is 18.0 Å². The number of carbonyl (C=O) groups is 1. The number of nitrogens with zero attached hydrogens (tertiary/aromatic N) is 5. The van der Waals surface area contributed by atoms with Crippen molar-refractivity contribution in [2.24, 2.45) is 0 Å². The number of hydrogen-bond acceptors (Lipinski definition) is 5. The van der Waals surface area contributed by atoms with Crippen LogP contribution >= 0.6 is 11.3 Å². The van der Waals surface area contributed by atoms with Gasteiger partial charge in [-0.15, -0.1) is 11.3 Å². The van der Waals surface area contributed by atoms with E-state index in [1.807, 2.05) is 6.20 Å². The lowest BCUT2D eigenvalue weighted by Gasteiger charge is -2.26. The number of fused-ring (bicyclic) bond motifs is 1. The average Bonchev–Trinajstić information content (AvgIpc) is 3.52. The van der Waals surface area contributed by atoms with Crippen molar-refractivity contribution in [3.63, 3.8) is 0 Å². The number of hydrogen-bond donors (Lipinski definition) is 1. The largest absolute Gasteiger partial charge is 0.408 e. The van der Waals surface area contributed by atoms with Gasteiger partial charge in [0.25, 0.3) is 5.91 Å². The van der Waals surface area contributed by atoms with Gasteiger partial charge in [0.15, 0.2) is 5.65 Å². The maximum absolute atomic E-state index is 13.2. The number of likely N-dealkylation sites (tertiary alicyclic amines) is 1. The van der Waals surface area contributed by atoms with Crippen molar-refractivity contribution < 1.29 is 18.0 Å². The second kappa shape index (κ2) is 7.80. The number of rotatable bonds is 3. The fraction of sp³-hybridized carbons (Fsp3) is 0.300. The first kappa shape index (κ1) is 21.0. The summed E-state index contributed by atoms with van der Waals surface area (Å²) in [5, 5.41) is 12.7. The number of H-pyrrole nitrogens is 1. The molecule has 4 aromatic heterocycles. The summed E-state index contributed by atoms with van der Waals surface area (Å²) >= 11 is 1.13. The summed E-state index contributed by atoms with van der Waals surface area (Å²) in [7, 11) is 0. The SMILES string of the molecule is C.O=C(c1cc(-c2cnn3cc(-c4cn[nH]c4)cnc23)cs1)N1CCC[C@@H]1C(F)(F)F. The van der Waals surface area contributed by atoms with Crippen molar-refractivity contribution in [2.45, 2.75) is 32.5 Å². The van der Waals surface area contributed by atoms with Gasteiger partial charge in [0.2, 0.25) is 0 Å². The lowest BCUT2D eigenvalue weighted by Crippen LogP contribution is -2.44. The summed E-state index contributed by atoms with van der Waals surface area (Å²) in [6.07, 6.45) is 4.45. The molecule has 0 unspecified atom stereocenters. The van der Waals surface area contributed by atoms with Gasteiger partial charge in [-0.2, -0.15) is 23.4 Å². The van der Waals surface area contributed by atoms with E-state index in [0.29, 0.717) is 23.2 Å². The highest BCUT2D eigenvalue weighted by atomic mass is 32.1. The number of nitrogens with one attached hydrogen (secondary N) is 1. The predicted octanol–water partition coefficient (Wildman–Crippen LogP) is 4.65. The molecule has 1 aliphatic rings. The van der Waals surface area contributed by atoms with Crippen LogP contribution in [0.25, 0.3) is 27.9 Å². The van der Waals surface area contributed by atoms with E-state index >= 15 is 0 Å². The van der Waals surface area contributed by atoms with Crippen LogP contribution < -0.4 is 0 Å². The van der Waals surface area contributed by atoms with Gasteiger partial charge in [-0.25, -0.2) is 9.50 Å². The minimum atomic E-state index is -4.41. The van der Waals surface area contributed by atoms with E-state index in [4.69, 9.17) is 0 Å². The van der Waals surface area contributed by atoms with Gasteiger partial charge >= 0.3 is 6.18 Å². The summed E-state index contributed by atoms with van der Waals surface area (Å²) in [5.41, 5.74) is 3.70. The van der Waals surface area contributed by atoms with Crippen molar-refractivity contribution in [2.75, 3.05) is 6.54 Å². The van der Waals surface area contributed by atoms with Crippen LogP contribution in [0.15, 0.2) is 42.4 Å². The molecule has 0 aliphatic carbocycles. The molecule has 4 aromatic rings. The first-order chi connectivity index (χ1) is 14.4. The molecule has 5 rings (SSSR count). The van der Waals surface area contributed by atoms with Crippen LogP contribution in [-0.2, 0) is 0 Å². The highest BCUT2D eigenvalue weighted by Crippen LogP contribution is 2.35. The molecule has 1 N–H and O–H groups in total. The van der Waals surface area contributed by atoms with Crippen molar-refractivity contribution in [1.29, 1.82) is 0 Å². The second-order valence-electron chi connectivity index (χ2n) is 7.05. The Morgan fingerprint density at radius 1 is 1.19 bits per heavy atom. The second-order valence-corrected chi connectivity index (χ2v) is 7.97. The quantitative estimate of drug-likeness (QED) is 0.495. The standard InChI is InChI=1S/C19H15F3N6OS.CH4/c20-19(21,22)16-2-1-3-27(16)18(29)15-4-11(10-30-15)14-8-26-28-9-13(5-23-17(14)28)12-6-24-25-7-12;/h4-10,16H,1-3H2,(H,24,25);1H4/t16-;/m1./s1. The van der Waals surface area contributed by atoms with Crippen molar-refractivity contribution in [3.05, 3.63) is 47.3 Å². The molecule has 162 valence electrons. The first-order valence-corrected chi connectivity index (χ1v) is 10.1. The number of thiophene rings is 1. The normalized spacial score (nSPS) is 16.6. The van der Waals surface area contributed by atoms with Crippen molar-refractivity contribution >= 4 is 22.9 Å². The Morgan fingerprint density at radius 2 is 2.03 bits per heavy atom. The third-order valence-electron chi connectivity index (χ3n) is 5.20. The fourth-order valence-electron chi connectivity index (χ4n) is 3.72. The zero-order chi connectivity index (χ0) is 20.9. The van der Waals surface area contributed by atoms with E-state index in [1.54, 1.807) is 40.7 Å². The van der Waals surface area contributed by atoms with Crippen LogP contribution in [0.5, 0.6) is 0 Å². The molecule has 1 saturated heterocycles. The number of carbonyl (C=O) groups excluding carboxylic acids is 1. The summed E-state index contributed by atoms with van der Waals surface area (Å²) in [6.45, 7) is 0.116. The molecular weight excluding hydrogens is 429 g/mol. The maximum atomic E-state index is 13.2. The summed E-state index contributed by atoms with van der Waals surface area (Å²) in [4.78, 5) is 18.4. The van der Waals surface area contributed by atoms with Crippen LogP contribution in [0.3, 0.4) is 0 Å². The molecule has 31 heavy (non-hydrogen) atoms. The number of aromatic amines is 1. The van der Waals surface area contributed by atoms with Gasteiger partial charge < -0.3 is 4.90 Å². The Bertz CT molecular complexity index is 1210. The van der Waals surface area contributed by atoms with Gasteiger partial charge in [-0.3, -0.25) is 9.89 Å². The highest BCUT2D eigenvalue weighted by molar-refractivity contribution is 7.12. The lowest BCUT2D eigenvalue weighted by atomic mass is 10.1. The van der Waals surface area contributed by atoms with Crippen LogP contribution in [0.4, 0.5) is 13.2 Å². The van der Waals surface area contributed by atoms with E-state index in [2.05, 4.69) is 20.3 Å². The van der Waals surface area contributed by atoms with E-state index in [1.165, 1.54) is 0 Å². The summed E-state index contributed by atoms with van der Waals surface area (Å²) < 4.78 is 41.2. The highest BCUT2D eigenvalue weighted by Gasteiger charge is 2.48. The zero-order valence-corrected chi connectivity index (χ0v) is 16.2. The number of aromatic nitrogens is 5. The van der Waals surface area contributed by atoms with E-state index in [-0.39, 0.29) is 25.3 Å². The Hall–Kier alpha value is -3.21. The van der Waals surface area contributed by atoms with Crippen LogP contribution in [0, 0.1) is 0 Å². The smallest absolute Gasteiger partial charge is 0.326 e. The summed E-state index contributed by atoms with van der Waals surface area (Å²) in [5.74, 6) is -0.585. The molecule has 11 heteroatoms. The molecule has 1 atom stereocenters. The molecule has 0 bridgehead atoms. The van der Waals surface area contributed by atoms with E-state index in [0.717, 1.165) is 27.4 Å². The zero-order valence-electron chi connectivity index (χ0n) is 15.4. The Balaban J connectivity index is 0.00000231. The molecule has 0 aromatic carbocycles. The number of amides is 1. The van der Waals surface area contributed by atoms with Crippen molar-refractivity contribution in [1.82, 2.24) is 29.7 Å². The third kappa shape index (κ3) is 3.69. The minimum absolute atomic E-state index is 0. The first-order valence-electron chi connectivity index (χ1n) is 9.21. The molecule has 0 radical (unpaired) electrons. The van der Waals surface area contributed by atoms with Crippen LogP contribution in [-0.4, -0.2) is 54.4 Å². The van der Waals surface area contributed by atoms with Gasteiger partial charge in [-0.05, 0) is 29.9 Å². The lowest BCUT2D eigenvalue weighted by molar-refractivity contribution is -0.169. The minimum Gasteiger partial charge on any atom is -0.326 e. The van der Waals surface area contributed by atoms with E-state index < -0.39 is 18.1 Å². The number of halogens is 3. The monoisotopic (exact) mass is 448 g/mol. The van der Waals surface area contributed by atoms with Gasteiger partial charge in [-0.1, -0.05) is 7.43 Å². The predicted molar refractivity (Wildman–Crippen MR) is 111 cm³/mol. The number of alkyl halides is 3. The molecule has 1 amide bonds. The molecule has 1 fully saturated rings. The maximum Gasteiger partial charge on any atom is 0.408 e. The third-order valence-corrected chi connectivity index (χ3v) is 6.12. The molecule has 5 heterocycles. The molecule has 7 nitrogen and oxygen atoms in total. The molecule has 0 spiro atoms. The van der Waals surface area contributed by atoms with Gasteiger partial charge in [0, 0.05) is 41.8 Å². The van der Waals surface area contributed by atoms with Gasteiger partial charge in [0.05, 0.1) is 17.3 Å².